The van der Waals surface area contributed by atoms with Crippen LogP contribution in [0.3, 0.4) is 0 Å². The van der Waals surface area contributed by atoms with E-state index in [4.69, 9.17) is 24.7 Å². The predicted molar refractivity (Wildman–Crippen MR) is 171 cm³/mol. The molecule has 3 N–H and O–H groups in total. The van der Waals surface area contributed by atoms with Gasteiger partial charge in [-0.1, -0.05) is 6.07 Å². The largest absolute Gasteiger partial charge is 0.496 e. The van der Waals surface area contributed by atoms with Crippen LogP contribution in [0.5, 0.6) is 11.5 Å². The van der Waals surface area contributed by atoms with Gasteiger partial charge >= 0.3 is 17.8 Å². The molecule has 0 radical (unpaired) electrons. The highest BCUT2D eigenvalue weighted by Crippen LogP contribution is 2.42. The normalized spacial score (nSPS) is 16.3. The fourth-order valence-corrected chi connectivity index (χ4v) is 5.53. The molecule has 0 aliphatic carbocycles. The number of nitrogen functional groups attached to an aromatic ring is 1. The van der Waals surface area contributed by atoms with E-state index in [1.54, 1.807) is 46.3 Å². The van der Waals surface area contributed by atoms with Gasteiger partial charge in [-0.2, -0.15) is 4.98 Å². The third-order valence-electron chi connectivity index (χ3n) is 7.59. The molecule has 2 aromatic heterocycles. The number of amides is 1. The summed E-state index contributed by atoms with van der Waals surface area (Å²) in [5.74, 6) is 0.895. The Kier molecular flexibility index (Phi) is 8.72. The smallest absolute Gasteiger partial charge is 0.411 e. The zero-order chi connectivity index (χ0) is 33.3. The lowest BCUT2D eigenvalue weighted by molar-refractivity contribution is -0.145. The summed E-state index contributed by atoms with van der Waals surface area (Å²) >= 11 is 0. The Hall–Kier alpha value is -5.40. The molecule has 242 valence electrons. The minimum atomic E-state index is -0.804. The van der Waals surface area contributed by atoms with Gasteiger partial charge in [-0.05, 0) is 51.5 Å². The van der Waals surface area contributed by atoms with Gasteiger partial charge in [-0.25, -0.2) is 24.4 Å². The number of carbonyl (C=O) groups excluding carboxylic acids is 2. The number of esters is 1. The molecule has 0 spiro atoms. The van der Waals surface area contributed by atoms with Gasteiger partial charge in [0, 0.05) is 54.0 Å². The summed E-state index contributed by atoms with van der Waals surface area (Å²) < 4.78 is 23.2. The summed E-state index contributed by atoms with van der Waals surface area (Å²) in [6.07, 6.45) is 2.93. The number of nitrogens with zero attached hydrogens (tertiary/aromatic N) is 5. The summed E-state index contributed by atoms with van der Waals surface area (Å²) in [7, 11) is 4.36. The van der Waals surface area contributed by atoms with Crippen molar-refractivity contribution in [3.63, 3.8) is 0 Å². The molecular formula is C32H37N7O7. The number of likely N-dealkylation sites (tertiary alicyclic amines) is 1. The molecule has 5 rings (SSSR count). The summed E-state index contributed by atoms with van der Waals surface area (Å²) in [6, 6.07) is 7.76. The second-order valence-corrected chi connectivity index (χ2v) is 11.9. The van der Waals surface area contributed by atoms with Crippen molar-refractivity contribution in [1.82, 2.24) is 24.4 Å². The first-order chi connectivity index (χ1) is 21.8. The number of aromatic nitrogens is 4. The molecule has 0 saturated carbocycles. The van der Waals surface area contributed by atoms with Crippen LogP contribution in [-0.2, 0) is 14.3 Å². The van der Waals surface area contributed by atoms with Gasteiger partial charge in [0.15, 0.2) is 0 Å². The molecular weight excluding hydrogens is 594 g/mol. The third-order valence-corrected chi connectivity index (χ3v) is 7.59. The zero-order valence-corrected chi connectivity index (χ0v) is 26.8. The van der Waals surface area contributed by atoms with Crippen molar-refractivity contribution in [1.29, 1.82) is 0 Å². The van der Waals surface area contributed by atoms with Crippen LogP contribution in [0.15, 0.2) is 47.5 Å². The molecule has 0 bridgehead atoms. The quantitative estimate of drug-likeness (QED) is 0.284. The Morgan fingerprint density at radius 1 is 1.04 bits per heavy atom. The molecule has 4 aromatic rings. The summed E-state index contributed by atoms with van der Waals surface area (Å²) in [5, 5.41) is 3.98. The SMILES string of the molecule is COC(=O)C1CC(Nc2ncc3cc(-c4c(C)c(OC)cc(OC)c4-n4ccc(N)nc4=O)ccc3n2)CN1C(=O)OC(C)(C)C. The van der Waals surface area contributed by atoms with Crippen LogP contribution in [0.25, 0.3) is 27.7 Å². The molecule has 1 fully saturated rings. The van der Waals surface area contributed by atoms with E-state index in [0.717, 1.165) is 16.5 Å². The van der Waals surface area contributed by atoms with E-state index in [9.17, 15) is 14.4 Å². The van der Waals surface area contributed by atoms with Crippen molar-refractivity contribution < 1.29 is 28.5 Å². The monoisotopic (exact) mass is 631 g/mol. The lowest BCUT2D eigenvalue weighted by Gasteiger charge is -2.27. The standard InChI is InChI=1S/C32H37N7O7/c1-17-23(43-5)14-24(44-6)27(38-11-10-25(33)37-30(38)41)26(17)18-8-9-21-19(12-18)15-34-29(36-21)35-20-13-22(28(40)45-7)39(16-20)31(42)46-32(2,3)4/h8-12,14-15,20,22H,13,16H2,1-7H3,(H2,33,37,41)(H,34,35,36). The fourth-order valence-electron chi connectivity index (χ4n) is 5.53. The molecule has 1 aliphatic rings. The van der Waals surface area contributed by atoms with Gasteiger partial charge in [0.25, 0.3) is 0 Å². The molecule has 2 aromatic carbocycles. The van der Waals surface area contributed by atoms with Crippen molar-refractivity contribution in [2.45, 2.75) is 51.8 Å². The predicted octanol–water partition coefficient (Wildman–Crippen LogP) is 3.71. The number of nitrogens with two attached hydrogens (primary N) is 1. The van der Waals surface area contributed by atoms with E-state index >= 15 is 0 Å². The second kappa shape index (κ2) is 12.5. The molecule has 46 heavy (non-hydrogen) atoms. The maximum absolute atomic E-state index is 12.9. The lowest BCUT2D eigenvalue weighted by atomic mass is 9.95. The highest BCUT2D eigenvalue weighted by Gasteiger charge is 2.42. The molecule has 2 atom stereocenters. The molecule has 1 amide bonds. The van der Waals surface area contributed by atoms with E-state index in [-0.39, 0.29) is 18.4 Å². The van der Waals surface area contributed by atoms with E-state index in [2.05, 4.69) is 20.3 Å². The van der Waals surface area contributed by atoms with E-state index in [1.807, 2.05) is 25.1 Å². The van der Waals surface area contributed by atoms with Gasteiger partial charge < -0.3 is 30.0 Å². The highest BCUT2D eigenvalue weighted by atomic mass is 16.6. The van der Waals surface area contributed by atoms with Crippen molar-refractivity contribution in [2.24, 2.45) is 0 Å². The lowest BCUT2D eigenvalue weighted by Crippen LogP contribution is -2.44. The zero-order valence-electron chi connectivity index (χ0n) is 26.8. The van der Waals surface area contributed by atoms with Crippen molar-refractivity contribution in [2.75, 3.05) is 38.9 Å². The number of ether oxygens (including phenoxy) is 4. The van der Waals surface area contributed by atoms with E-state index in [1.165, 1.54) is 29.8 Å². The molecule has 14 nitrogen and oxygen atoms in total. The Bertz CT molecular complexity index is 1870. The van der Waals surface area contributed by atoms with E-state index < -0.39 is 29.4 Å². The van der Waals surface area contributed by atoms with Crippen molar-refractivity contribution in [3.05, 3.63) is 58.8 Å². The topological polar surface area (TPSA) is 173 Å². The summed E-state index contributed by atoms with van der Waals surface area (Å²) in [4.78, 5) is 52.8. The average Bonchev–Trinajstić information content (AvgIpc) is 3.43. The van der Waals surface area contributed by atoms with Crippen LogP contribution in [-0.4, -0.2) is 82.0 Å². The first-order valence-electron chi connectivity index (χ1n) is 14.6. The molecule has 1 saturated heterocycles. The van der Waals surface area contributed by atoms with Crippen LogP contribution in [0.4, 0.5) is 16.6 Å². The molecule has 3 heterocycles. The number of fused-ring (bicyclic) bond motifs is 1. The van der Waals surface area contributed by atoms with Crippen LogP contribution in [0.2, 0.25) is 0 Å². The second-order valence-electron chi connectivity index (χ2n) is 11.9. The number of carbonyl (C=O) groups is 2. The number of hydrogen-bond acceptors (Lipinski definition) is 12. The number of nitrogens with one attached hydrogen (secondary N) is 1. The van der Waals surface area contributed by atoms with Crippen LogP contribution in [0, 0.1) is 6.92 Å². The average molecular weight is 632 g/mol. The van der Waals surface area contributed by atoms with Gasteiger partial charge in [-0.15, -0.1) is 0 Å². The highest BCUT2D eigenvalue weighted by molar-refractivity contribution is 5.89. The van der Waals surface area contributed by atoms with Crippen LogP contribution < -0.4 is 26.2 Å². The maximum Gasteiger partial charge on any atom is 0.411 e. The van der Waals surface area contributed by atoms with Gasteiger partial charge in [-0.3, -0.25) is 9.47 Å². The van der Waals surface area contributed by atoms with Crippen molar-refractivity contribution in [3.8, 4) is 28.3 Å². The molecule has 14 heteroatoms. The first kappa shape index (κ1) is 32.0. The van der Waals surface area contributed by atoms with Crippen LogP contribution >= 0.6 is 0 Å². The van der Waals surface area contributed by atoms with Crippen LogP contribution in [0.1, 0.15) is 32.8 Å². The van der Waals surface area contributed by atoms with Crippen molar-refractivity contribution >= 4 is 34.7 Å². The number of rotatable bonds is 7. The fraction of sp³-hybridized carbons (Fsp3) is 0.375. The van der Waals surface area contributed by atoms with Gasteiger partial charge in [0.2, 0.25) is 5.95 Å². The minimum Gasteiger partial charge on any atom is -0.496 e. The number of anilines is 2. The maximum atomic E-state index is 12.9. The Balaban J connectivity index is 1.49. The number of methoxy groups -OCH3 is 3. The van der Waals surface area contributed by atoms with Gasteiger partial charge in [0.1, 0.15) is 34.6 Å². The minimum absolute atomic E-state index is 0.107. The Labute approximate surface area is 265 Å². The summed E-state index contributed by atoms with van der Waals surface area (Å²) in [5.41, 5.74) is 7.83. The number of benzene rings is 2. The molecule has 2 unspecified atom stereocenters. The Morgan fingerprint density at radius 2 is 1.78 bits per heavy atom. The third kappa shape index (κ3) is 6.36. The van der Waals surface area contributed by atoms with Gasteiger partial charge in [0.05, 0.1) is 26.8 Å². The first-order valence-corrected chi connectivity index (χ1v) is 14.6. The van der Waals surface area contributed by atoms with E-state index in [0.29, 0.717) is 40.6 Å². The number of hydrogen-bond donors (Lipinski definition) is 2. The summed E-state index contributed by atoms with van der Waals surface area (Å²) in [6.45, 7) is 7.39. The molecule has 1 aliphatic heterocycles. The Morgan fingerprint density at radius 3 is 2.43 bits per heavy atom.